The molecule has 6 nitrogen and oxygen atoms in total. The number of aromatic nitrogens is 2. The second-order valence-corrected chi connectivity index (χ2v) is 6.48. The molecule has 0 saturated carbocycles. The zero-order valence-corrected chi connectivity index (χ0v) is 14.8. The molecule has 0 aliphatic carbocycles. The van der Waals surface area contributed by atoms with Crippen molar-refractivity contribution in [2.45, 2.75) is 6.54 Å². The van der Waals surface area contributed by atoms with Crippen molar-refractivity contribution >= 4 is 11.6 Å². The van der Waals surface area contributed by atoms with E-state index in [4.69, 9.17) is 4.74 Å². The minimum absolute atomic E-state index is 0.0853. The standard InChI is InChI=1S/C20H22N4O2/c1-26-18-7-5-16(6-8-18)20(25)23-12-10-22(11-13-23)15-17-14-21-19-4-2-3-9-24(17)19/h2-9,14H,10-13,15H2,1H3. The van der Waals surface area contributed by atoms with Crippen LogP contribution in [0.1, 0.15) is 16.1 Å². The summed E-state index contributed by atoms with van der Waals surface area (Å²) in [6.07, 6.45) is 3.98. The number of piperazine rings is 1. The van der Waals surface area contributed by atoms with E-state index < -0.39 is 0 Å². The van der Waals surface area contributed by atoms with Crippen molar-refractivity contribution in [1.82, 2.24) is 19.2 Å². The van der Waals surface area contributed by atoms with Gasteiger partial charge in [0.2, 0.25) is 0 Å². The fourth-order valence-corrected chi connectivity index (χ4v) is 3.36. The highest BCUT2D eigenvalue weighted by Crippen LogP contribution is 2.15. The average Bonchev–Trinajstić information content (AvgIpc) is 3.11. The molecule has 1 amide bonds. The van der Waals surface area contributed by atoms with Crippen LogP contribution in [0.2, 0.25) is 0 Å². The second-order valence-electron chi connectivity index (χ2n) is 6.48. The number of amides is 1. The van der Waals surface area contributed by atoms with Crippen molar-refractivity contribution in [3.8, 4) is 5.75 Å². The third kappa shape index (κ3) is 3.28. The topological polar surface area (TPSA) is 50.1 Å². The summed E-state index contributed by atoms with van der Waals surface area (Å²) in [5.41, 5.74) is 2.85. The summed E-state index contributed by atoms with van der Waals surface area (Å²) in [7, 11) is 1.62. The van der Waals surface area contributed by atoms with Crippen LogP contribution >= 0.6 is 0 Å². The molecule has 2 aromatic heterocycles. The van der Waals surface area contributed by atoms with Crippen LogP contribution in [0.3, 0.4) is 0 Å². The molecule has 0 radical (unpaired) electrons. The van der Waals surface area contributed by atoms with Crippen LogP contribution < -0.4 is 4.74 Å². The minimum Gasteiger partial charge on any atom is -0.497 e. The number of carbonyl (C=O) groups excluding carboxylic acids is 1. The molecule has 0 bridgehead atoms. The predicted octanol–water partition coefficient (Wildman–Crippen LogP) is 2.30. The Hall–Kier alpha value is -2.86. The van der Waals surface area contributed by atoms with E-state index >= 15 is 0 Å². The van der Waals surface area contributed by atoms with Crippen molar-refractivity contribution in [2.24, 2.45) is 0 Å². The summed E-state index contributed by atoms with van der Waals surface area (Å²) >= 11 is 0. The number of ether oxygens (including phenoxy) is 1. The predicted molar refractivity (Wildman–Crippen MR) is 99.4 cm³/mol. The van der Waals surface area contributed by atoms with Crippen LogP contribution in [0, 0.1) is 0 Å². The fourth-order valence-electron chi connectivity index (χ4n) is 3.36. The Balaban J connectivity index is 1.37. The Labute approximate surface area is 152 Å². The number of hydrogen-bond donors (Lipinski definition) is 0. The van der Waals surface area contributed by atoms with Gasteiger partial charge >= 0.3 is 0 Å². The van der Waals surface area contributed by atoms with Crippen LogP contribution in [0.4, 0.5) is 0 Å². The molecule has 6 heteroatoms. The molecule has 1 aromatic carbocycles. The molecule has 134 valence electrons. The van der Waals surface area contributed by atoms with Crippen molar-refractivity contribution < 1.29 is 9.53 Å². The molecule has 3 aromatic rings. The molecule has 3 heterocycles. The van der Waals surface area contributed by atoms with Crippen molar-refractivity contribution in [1.29, 1.82) is 0 Å². The number of rotatable bonds is 4. The highest BCUT2D eigenvalue weighted by atomic mass is 16.5. The van der Waals surface area contributed by atoms with Gasteiger partial charge in [0.05, 0.1) is 19.0 Å². The Morgan fingerprint density at radius 2 is 1.85 bits per heavy atom. The lowest BCUT2D eigenvalue weighted by molar-refractivity contribution is 0.0626. The van der Waals surface area contributed by atoms with Gasteiger partial charge in [0.25, 0.3) is 5.91 Å². The fraction of sp³-hybridized carbons (Fsp3) is 0.300. The van der Waals surface area contributed by atoms with Gasteiger partial charge in [-0.05, 0) is 36.4 Å². The average molecular weight is 350 g/mol. The van der Waals surface area contributed by atoms with Crippen molar-refractivity contribution in [2.75, 3.05) is 33.3 Å². The summed E-state index contributed by atoms with van der Waals surface area (Å²) in [6.45, 7) is 4.04. The monoisotopic (exact) mass is 350 g/mol. The van der Waals surface area contributed by atoms with Gasteiger partial charge in [0.1, 0.15) is 11.4 Å². The van der Waals surface area contributed by atoms with Gasteiger partial charge in [-0.15, -0.1) is 0 Å². The SMILES string of the molecule is COc1ccc(C(=O)N2CCN(Cc3cnc4ccccn34)CC2)cc1. The first-order chi connectivity index (χ1) is 12.7. The van der Waals surface area contributed by atoms with Gasteiger partial charge in [-0.25, -0.2) is 4.98 Å². The van der Waals surface area contributed by atoms with Crippen molar-refractivity contribution in [3.05, 3.63) is 66.1 Å². The molecule has 0 N–H and O–H groups in total. The van der Waals surface area contributed by atoms with Crippen LogP contribution in [0.25, 0.3) is 5.65 Å². The first kappa shape index (κ1) is 16.6. The molecule has 1 fully saturated rings. The van der Waals surface area contributed by atoms with Crippen LogP contribution in [-0.4, -0.2) is 58.4 Å². The smallest absolute Gasteiger partial charge is 0.253 e. The summed E-state index contributed by atoms with van der Waals surface area (Å²) in [5.74, 6) is 0.849. The molecule has 1 aliphatic rings. The number of imidazole rings is 1. The molecule has 1 saturated heterocycles. The highest BCUT2D eigenvalue weighted by Gasteiger charge is 2.22. The van der Waals surface area contributed by atoms with E-state index in [9.17, 15) is 4.79 Å². The third-order valence-corrected chi connectivity index (χ3v) is 4.88. The number of hydrogen-bond acceptors (Lipinski definition) is 4. The van der Waals surface area contributed by atoms with Gasteiger partial charge in [0.15, 0.2) is 0 Å². The molecule has 0 spiro atoms. The van der Waals surface area contributed by atoms with E-state index in [1.54, 1.807) is 7.11 Å². The number of methoxy groups -OCH3 is 1. The van der Waals surface area contributed by atoms with E-state index in [1.165, 1.54) is 5.69 Å². The van der Waals surface area contributed by atoms with E-state index in [2.05, 4.69) is 14.3 Å². The molecule has 1 aliphatic heterocycles. The molecule has 0 atom stereocenters. The van der Waals surface area contributed by atoms with Crippen LogP contribution in [0.15, 0.2) is 54.9 Å². The molecule has 4 rings (SSSR count). The maximum atomic E-state index is 12.7. The maximum absolute atomic E-state index is 12.7. The lowest BCUT2D eigenvalue weighted by atomic mass is 10.1. The number of pyridine rings is 1. The van der Waals surface area contributed by atoms with Gasteiger partial charge in [0, 0.05) is 44.5 Å². The van der Waals surface area contributed by atoms with Gasteiger partial charge in [-0.3, -0.25) is 9.69 Å². The lowest BCUT2D eigenvalue weighted by Gasteiger charge is -2.34. The Kier molecular flexibility index (Phi) is 4.58. The largest absolute Gasteiger partial charge is 0.497 e. The quantitative estimate of drug-likeness (QED) is 0.724. The van der Waals surface area contributed by atoms with E-state index in [0.29, 0.717) is 5.56 Å². The maximum Gasteiger partial charge on any atom is 0.253 e. The molecular formula is C20H22N4O2. The third-order valence-electron chi connectivity index (χ3n) is 4.88. The van der Waals surface area contributed by atoms with Crippen LogP contribution in [0.5, 0.6) is 5.75 Å². The molecular weight excluding hydrogens is 328 g/mol. The lowest BCUT2D eigenvalue weighted by Crippen LogP contribution is -2.48. The Morgan fingerprint density at radius 3 is 2.58 bits per heavy atom. The summed E-state index contributed by atoms with van der Waals surface area (Å²) in [5, 5.41) is 0. The number of benzene rings is 1. The summed E-state index contributed by atoms with van der Waals surface area (Å²) < 4.78 is 7.27. The first-order valence-corrected chi connectivity index (χ1v) is 8.81. The Morgan fingerprint density at radius 1 is 1.08 bits per heavy atom. The zero-order chi connectivity index (χ0) is 17.9. The van der Waals surface area contributed by atoms with Gasteiger partial charge < -0.3 is 14.0 Å². The van der Waals surface area contributed by atoms with E-state index in [0.717, 1.165) is 44.1 Å². The second kappa shape index (κ2) is 7.17. The normalized spacial score (nSPS) is 15.3. The minimum atomic E-state index is 0.0853. The van der Waals surface area contributed by atoms with Gasteiger partial charge in [-0.1, -0.05) is 6.07 Å². The summed E-state index contributed by atoms with van der Waals surface area (Å²) in [4.78, 5) is 21.4. The number of fused-ring (bicyclic) bond motifs is 1. The molecule has 0 unspecified atom stereocenters. The zero-order valence-electron chi connectivity index (χ0n) is 14.8. The summed E-state index contributed by atoms with van der Waals surface area (Å²) in [6, 6.07) is 13.3. The van der Waals surface area contributed by atoms with Crippen LogP contribution in [-0.2, 0) is 6.54 Å². The number of nitrogens with zero attached hydrogens (tertiary/aromatic N) is 4. The number of carbonyl (C=O) groups is 1. The van der Waals surface area contributed by atoms with E-state index in [1.807, 2.05) is 59.8 Å². The first-order valence-electron chi connectivity index (χ1n) is 8.81. The Bertz CT molecular complexity index is 896. The van der Waals surface area contributed by atoms with E-state index in [-0.39, 0.29) is 5.91 Å². The van der Waals surface area contributed by atoms with Gasteiger partial charge in [-0.2, -0.15) is 0 Å². The highest BCUT2D eigenvalue weighted by molar-refractivity contribution is 5.94. The van der Waals surface area contributed by atoms with Crippen molar-refractivity contribution in [3.63, 3.8) is 0 Å². The molecule has 26 heavy (non-hydrogen) atoms.